The topological polar surface area (TPSA) is 76.1 Å². The molecule has 1 heterocycles. The van der Waals surface area contributed by atoms with Crippen LogP contribution in [0.3, 0.4) is 0 Å². The van der Waals surface area contributed by atoms with Crippen LogP contribution in [0, 0.1) is 0 Å². The Labute approximate surface area is 136 Å². The quantitative estimate of drug-likeness (QED) is 0.827. The number of aryl methyl sites for hydroxylation is 1. The molecule has 1 aliphatic rings. The van der Waals surface area contributed by atoms with E-state index in [4.69, 9.17) is 9.47 Å². The highest BCUT2D eigenvalue weighted by molar-refractivity contribution is 5.88. The zero-order valence-corrected chi connectivity index (χ0v) is 13.6. The standard InChI is InChI=1S/C17H23NO5/c1-22-12-17(16(20)21)9-4-10-18(17)15(19)8-7-13-5-3-6-14(11-13)23-2/h3,5-6,11H,4,7-10,12H2,1-2H3,(H,20,21). The van der Waals surface area contributed by atoms with Crippen LogP contribution in [-0.4, -0.2) is 54.8 Å². The van der Waals surface area contributed by atoms with Crippen molar-refractivity contribution < 1.29 is 24.2 Å². The largest absolute Gasteiger partial charge is 0.497 e. The Bertz CT molecular complexity index is 574. The maximum absolute atomic E-state index is 12.5. The summed E-state index contributed by atoms with van der Waals surface area (Å²) in [6, 6.07) is 7.54. The first-order valence-electron chi connectivity index (χ1n) is 7.69. The van der Waals surface area contributed by atoms with Crippen molar-refractivity contribution in [1.82, 2.24) is 4.90 Å². The number of nitrogens with zero attached hydrogens (tertiary/aromatic N) is 1. The lowest BCUT2D eigenvalue weighted by Gasteiger charge is -2.34. The second-order valence-corrected chi connectivity index (χ2v) is 5.77. The predicted molar refractivity (Wildman–Crippen MR) is 84.5 cm³/mol. The Balaban J connectivity index is 2.05. The van der Waals surface area contributed by atoms with Crippen LogP contribution in [0.15, 0.2) is 24.3 Å². The Morgan fingerprint density at radius 1 is 1.35 bits per heavy atom. The van der Waals surface area contributed by atoms with Crippen LogP contribution in [-0.2, 0) is 20.7 Å². The highest BCUT2D eigenvalue weighted by Crippen LogP contribution is 2.31. The molecule has 2 rings (SSSR count). The summed E-state index contributed by atoms with van der Waals surface area (Å²) in [5, 5.41) is 9.58. The van der Waals surface area contributed by atoms with Gasteiger partial charge in [-0.15, -0.1) is 0 Å². The van der Waals surface area contributed by atoms with Crippen molar-refractivity contribution in [1.29, 1.82) is 0 Å². The first-order chi connectivity index (χ1) is 11.0. The van der Waals surface area contributed by atoms with E-state index in [1.165, 1.54) is 12.0 Å². The number of likely N-dealkylation sites (tertiary alicyclic amines) is 1. The van der Waals surface area contributed by atoms with E-state index in [0.29, 0.717) is 25.8 Å². The monoisotopic (exact) mass is 321 g/mol. The van der Waals surface area contributed by atoms with Gasteiger partial charge in [0.05, 0.1) is 13.7 Å². The number of amides is 1. The summed E-state index contributed by atoms with van der Waals surface area (Å²) in [6.07, 6.45) is 1.93. The van der Waals surface area contributed by atoms with E-state index < -0.39 is 11.5 Å². The van der Waals surface area contributed by atoms with Crippen molar-refractivity contribution in [3.8, 4) is 5.75 Å². The molecule has 0 saturated carbocycles. The molecule has 23 heavy (non-hydrogen) atoms. The number of aliphatic carboxylic acids is 1. The number of ether oxygens (including phenoxy) is 2. The molecular weight excluding hydrogens is 298 g/mol. The summed E-state index contributed by atoms with van der Waals surface area (Å²) in [6.45, 7) is 0.486. The van der Waals surface area contributed by atoms with Crippen LogP contribution in [0.1, 0.15) is 24.8 Å². The number of methoxy groups -OCH3 is 2. The number of hydrogen-bond acceptors (Lipinski definition) is 4. The van der Waals surface area contributed by atoms with Gasteiger partial charge < -0.3 is 19.5 Å². The second-order valence-electron chi connectivity index (χ2n) is 5.77. The summed E-state index contributed by atoms with van der Waals surface area (Å²) < 4.78 is 10.2. The zero-order valence-electron chi connectivity index (χ0n) is 13.6. The van der Waals surface area contributed by atoms with Gasteiger partial charge in [-0.05, 0) is 37.0 Å². The highest BCUT2D eigenvalue weighted by Gasteiger charge is 2.49. The van der Waals surface area contributed by atoms with Crippen molar-refractivity contribution in [3.63, 3.8) is 0 Å². The van der Waals surface area contributed by atoms with Gasteiger partial charge in [0.15, 0.2) is 5.54 Å². The Kier molecular flexibility index (Phi) is 5.60. The smallest absolute Gasteiger partial charge is 0.332 e. The number of carbonyl (C=O) groups is 2. The fourth-order valence-electron chi connectivity index (χ4n) is 3.13. The number of benzene rings is 1. The van der Waals surface area contributed by atoms with Gasteiger partial charge in [0, 0.05) is 20.1 Å². The average molecular weight is 321 g/mol. The first-order valence-corrected chi connectivity index (χ1v) is 7.69. The Hall–Kier alpha value is -2.08. The molecule has 1 N–H and O–H groups in total. The van der Waals surface area contributed by atoms with Crippen molar-refractivity contribution >= 4 is 11.9 Å². The molecule has 0 aliphatic carbocycles. The van der Waals surface area contributed by atoms with E-state index in [-0.39, 0.29) is 18.9 Å². The summed E-state index contributed by atoms with van der Waals surface area (Å²) in [5.74, 6) is -0.397. The molecule has 1 amide bonds. The molecule has 1 unspecified atom stereocenters. The molecule has 0 aromatic heterocycles. The zero-order chi connectivity index (χ0) is 16.9. The van der Waals surface area contributed by atoms with Gasteiger partial charge in [0.1, 0.15) is 5.75 Å². The third-order valence-electron chi connectivity index (χ3n) is 4.33. The van der Waals surface area contributed by atoms with Crippen LogP contribution >= 0.6 is 0 Å². The van der Waals surface area contributed by atoms with Crippen LogP contribution in [0.25, 0.3) is 0 Å². The van der Waals surface area contributed by atoms with Gasteiger partial charge in [-0.1, -0.05) is 12.1 Å². The van der Waals surface area contributed by atoms with Gasteiger partial charge in [0.2, 0.25) is 5.91 Å². The fraction of sp³-hybridized carbons (Fsp3) is 0.529. The van der Waals surface area contributed by atoms with E-state index in [1.807, 2.05) is 24.3 Å². The molecule has 0 radical (unpaired) electrons. The molecule has 126 valence electrons. The molecule has 6 nitrogen and oxygen atoms in total. The summed E-state index contributed by atoms with van der Waals surface area (Å²) in [7, 11) is 3.06. The molecule has 1 fully saturated rings. The minimum atomic E-state index is -1.22. The molecule has 0 bridgehead atoms. The fourth-order valence-corrected chi connectivity index (χ4v) is 3.13. The minimum Gasteiger partial charge on any atom is -0.497 e. The SMILES string of the molecule is COCC1(C(=O)O)CCCN1C(=O)CCc1cccc(OC)c1. The van der Waals surface area contributed by atoms with Crippen molar-refractivity contribution in [2.24, 2.45) is 0 Å². The summed E-state index contributed by atoms with van der Waals surface area (Å²) >= 11 is 0. The van der Waals surface area contributed by atoms with Gasteiger partial charge in [-0.3, -0.25) is 4.79 Å². The van der Waals surface area contributed by atoms with Crippen LogP contribution in [0.5, 0.6) is 5.75 Å². The Morgan fingerprint density at radius 2 is 2.13 bits per heavy atom. The minimum absolute atomic E-state index is 0.0211. The number of carboxylic acid groups (broad SMARTS) is 1. The summed E-state index contributed by atoms with van der Waals surface area (Å²) in [5.41, 5.74) is -0.232. The normalized spacial score (nSPS) is 20.5. The predicted octanol–water partition coefficient (Wildman–Crippen LogP) is 1.72. The number of carboxylic acids is 1. The van der Waals surface area contributed by atoms with Crippen LogP contribution in [0.4, 0.5) is 0 Å². The Morgan fingerprint density at radius 3 is 2.78 bits per heavy atom. The van der Waals surface area contributed by atoms with E-state index >= 15 is 0 Å². The second kappa shape index (κ2) is 7.46. The van der Waals surface area contributed by atoms with Gasteiger partial charge in [0.25, 0.3) is 0 Å². The third kappa shape index (κ3) is 3.64. The highest BCUT2D eigenvalue weighted by atomic mass is 16.5. The van der Waals surface area contributed by atoms with Crippen LogP contribution < -0.4 is 4.74 Å². The van der Waals surface area contributed by atoms with Gasteiger partial charge in [-0.2, -0.15) is 0 Å². The van der Waals surface area contributed by atoms with Crippen LogP contribution in [0.2, 0.25) is 0 Å². The molecule has 6 heteroatoms. The van der Waals surface area contributed by atoms with E-state index in [1.54, 1.807) is 7.11 Å². The van der Waals surface area contributed by atoms with E-state index in [9.17, 15) is 14.7 Å². The maximum Gasteiger partial charge on any atom is 0.332 e. The molecule has 1 aromatic carbocycles. The van der Waals surface area contributed by atoms with Gasteiger partial charge in [-0.25, -0.2) is 4.79 Å². The number of carbonyl (C=O) groups excluding carboxylic acids is 1. The first kappa shape index (κ1) is 17.3. The van der Waals surface area contributed by atoms with E-state index in [2.05, 4.69) is 0 Å². The van der Waals surface area contributed by atoms with Crippen molar-refractivity contribution in [3.05, 3.63) is 29.8 Å². The molecule has 1 saturated heterocycles. The average Bonchev–Trinajstić information content (AvgIpc) is 2.98. The van der Waals surface area contributed by atoms with E-state index in [0.717, 1.165) is 11.3 Å². The molecule has 1 aliphatic heterocycles. The molecule has 0 spiro atoms. The number of rotatable bonds is 7. The molecule has 1 aromatic rings. The maximum atomic E-state index is 12.5. The lowest BCUT2D eigenvalue weighted by molar-refractivity contribution is -0.160. The molecular formula is C17H23NO5. The molecule has 1 atom stereocenters. The van der Waals surface area contributed by atoms with Crippen molar-refractivity contribution in [2.75, 3.05) is 27.4 Å². The van der Waals surface area contributed by atoms with Gasteiger partial charge >= 0.3 is 5.97 Å². The number of hydrogen-bond donors (Lipinski definition) is 1. The lowest BCUT2D eigenvalue weighted by Crippen LogP contribution is -2.56. The van der Waals surface area contributed by atoms with Crippen molar-refractivity contribution in [2.45, 2.75) is 31.2 Å². The lowest BCUT2D eigenvalue weighted by atomic mass is 9.96. The third-order valence-corrected chi connectivity index (χ3v) is 4.33. The summed E-state index contributed by atoms with van der Waals surface area (Å²) in [4.78, 5) is 25.7.